The monoisotopic (exact) mass is 358 g/mol. The molecule has 1 aromatic rings. The van der Waals surface area contributed by atoms with E-state index in [4.69, 9.17) is 16.2 Å². The molecule has 2 aliphatic rings. The highest BCUT2D eigenvalue weighted by Gasteiger charge is 2.32. The molecule has 0 atom stereocenters. The zero-order valence-corrected chi connectivity index (χ0v) is 15.3. The average molecular weight is 358 g/mol. The van der Waals surface area contributed by atoms with Crippen LogP contribution in [0.1, 0.15) is 25.8 Å². The van der Waals surface area contributed by atoms with Gasteiger partial charge < -0.3 is 21.1 Å². The van der Waals surface area contributed by atoms with E-state index in [2.05, 4.69) is 9.98 Å². The van der Waals surface area contributed by atoms with E-state index in [1.807, 2.05) is 47.9 Å². The first kappa shape index (κ1) is 18.2. The maximum absolute atomic E-state index is 12.2. The van der Waals surface area contributed by atoms with Crippen LogP contribution in [0.2, 0.25) is 0 Å². The number of hydrogen-bond donors (Lipinski definition) is 2. The summed E-state index contributed by atoms with van der Waals surface area (Å²) in [6.07, 6.45) is 1.20. The smallest absolute Gasteiger partial charge is 0.223 e. The number of carbonyl (C=O) groups is 1. The molecule has 140 valence electrons. The summed E-state index contributed by atoms with van der Waals surface area (Å²) in [6.45, 7) is 6.48. The van der Waals surface area contributed by atoms with Crippen LogP contribution < -0.4 is 16.4 Å². The normalized spacial score (nSPS) is 19.8. The topological polar surface area (TPSA) is 110 Å². The number of ether oxygens (including phenoxy) is 1. The minimum absolute atomic E-state index is 0.177. The number of aryl methyl sites for hydroxylation is 1. The van der Waals surface area contributed by atoms with Crippen LogP contribution in [0.25, 0.3) is 0 Å². The third-order valence-electron chi connectivity index (χ3n) is 4.58. The molecule has 1 aromatic carbocycles. The van der Waals surface area contributed by atoms with Gasteiger partial charge in [-0.2, -0.15) is 4.99 Å². The Morgan fingerprint density at radius 2 is 1.85 bits per heavy atom. The Labute approximate surface area is 153 Å². The Bertz CT molecular complexity index is 720. The molecule has 2 aliphatic heterocycles. The molecule has 0 unspecified atom stereocenters. The van der Waals surface area contributed by atoms with Crippen LogP contribution in [0.4, 0.5) is 5.69 Å². The number of amides is 1. The molecule has 3 rings (SSSR count). The van der Waals surface area contributed by atoms with E-state index < -0.39 is 5.66 Å². The van der Waals surface area contributed by atoms with E-state index in [9.17, 15) is 4.79 Å². The number of nitrogens with zero attached hydrogens (tertiary/aromatic N) is 4. The maximum atomic E-state index is 12.2. The fourth-order valence-electron chi connectivity index (χ4n) is 3.29. The van der Waals surface area contributed by atoms with Crippen LogP contribution in [0.15, 0.2) is 34.3 Å². The van der Waals surface area contributed by atoms with Gasteiger partial charge in [-0.25, -0.2) is 4.99 Å². The first-order valence-electron chi connectivity index (χ1n) is 8.81. The van der Waals surface area contributed by atoms with Crippen LogP contribution in [-0.2, 0) is 16.0 Å². The summed E-state index contributed by atoms with van der Waals surface area (Å²) in [5.41, 5.74) is 13.1. The molecule has 0 bridgehead atoms. The van der Waals surface area contributed by atoms with Gasteiger partial charge in [0.25, 0.3) is 0 Å². The van der Waals surface area contributed by atoms with Gasteiger partial charge in [0, 0.05) is 25.2 Å². The second kappa shape index (κ2) is 7.33. The SMILES string of the molecule is CC1(C)N=C(N)N=C(N)N1c1ccc(CCC(=O)N2CCOCC2)cc1. The third-order valence-corrected chi connectivity index (χ3v) is 4.58. The van der Waals surface area contributed by atoms with Gasteiger partial charge in [0.05, 0.1) is 13.2 Å². The van der Waals surface area contributed by atoms with E-state index in [1.54, 1.807) is 0 Å². The minimum Gasteiger partial charge on any atom is -0.378 e. The summed E-state index contributed by atoms with van der Waals surface area (Å²) >= 11 is 0. The molecule has 0 aliphatic carbocycles. The lowest BCUT2D eigenvalue weighted by Crippen LogP contribution is -2.54. The van der Waals surface area contributed by atoms with Gasteiger partial charge in [-0.1, -0.05) is 12.1 Å². The van der Waals surface area contributed by atoms with Crippen molar-refractivity contribution in [3.05, 3.63) is 29.8 Å². The van der Waals surface area contributed by atoms with Crippen molar-refractivity contribution in [1.82, 2.24) is 4.90 Å². The maximum Gasteiger partial charge on any atom is 0.223 e. The zero-order chi connectivity index (χ0) is 18.7. The van der Waals surface area contributed by atoms with Gasteiger partial charge in [-0.05, 0) is 38.0 Å². The summed E-state index contributed by atoms with van der Waals surface area (Å²) in [6, 6.07) is 7.95. The van der Waals surface area contributed by atoms with E-state index >= 15 is 0 Å². The zero-order valence-electron chi connectivity index (χ0n) is 15.3. The molecule has 2 heterocycles. The molecule has 1 saturated heterocycles. The Morgan fingerprint density at radius 1 is 1.19 bits per heavy atom. The summed E-state index contributed by atoms with van der Waals surface area (Å²) in [7, 11) is 0. The Kier molecular flexibility index (Phi) is 5.13. The number of guanidine groups is 2. The van der Waals surface area contributed by atoms with Crippen molar-refractivity contribution < 1.29 is 9.53 Å². The van der Waals surface area contributed by atoms with Crippen molar-refractivity contribution in [3.63, 3.8) is 0 Å². The van der Waals surface area contributed by atoms with E-state index in [0.717, 1.165) is 11.3 Å². The number of hydrogen-bond acceptors (Lipinski definition) is 7. The molecule has 0 saturated carbocycles. The highest BCUT2D eigenvalue weighted by atomic mass is 16.5. The van der Waals surface area contributed by atoms with Crippen molar-refractivity contribution in [2.75, 3.05) is 31.2 Å². The molecule has 4 N–H and O–H groups in total. The van der Waals surface area contributed by atoms with Crippen molar-refractivity contribution in [3.8, 4) is 0 Å². The van der Waals surface area contributed by atoms with Crippen molar-refractivity contribution in [1.29, 1.82) is 0 Å². The number of anilines is 1. The molecule has 1 amide bonds. The molecule has 26 heavy (non-hydrogen) atoms. The van der Waals surface area contributed by atoms with E-state index in [-0.39, 0.29) is 11.9 Å². The predicted octanol–water partition coefficient (Wildman–Crippen LogP) is 0.664. The van der Waals surface area contributed by atoms with Gasteiger partial charge in [-0.3, -0.25) is 9.69 Å². The van der Waals surface area contributed by atoms with Crippen molar-refractivity contribution >= 4 is 23.5 Å². The lowest BCUT2D eigenvalue weighted by atomic mass is 10.1. The lowest BCUT2D eigenvalue weighted by Gasteiger charge is -2.38. The number of morpholine rings is 1. The first-order chi connectivity index (χ1) is 12.4. The van der Waals surface area contributed by atoms with Gasteiger partial charge >= 0.3 is 0 Å². The largest absolute Gasteiger partial charge is 0.378 e. The van der Waals surface area contributed by atoms with Gasteiger partial charge in [-0.15, -0.1) is 0 Å². The lowest BCUT2D eigenvalue weighted by molar-refractivity contribution is -0.135. The van der Waals surface area contributed by atoms with Crippen LogP contribution in [0.5, 0.6) is 0 Å². The number of rotatable bonds is 4. The number of aliphatic imine (C=N–C) groups is 2. The first-order valence-corrected chi connectivity index (χ1v) is 8.81. The fourth-order valence-corrected chi connectivity index (χ4v) is 3.29. The summed E-state index contributed by atoms with van der Waals surface area (Å²) in [4.78, 5) is 24.4. The molecule has 8 nitrogen and oxygen atoms in total. The van der Waals surface area contributed by atoms with Crippen LogP contribution in [0.3, 0.4) is 0 Å². The Balaban J connectivity index is 1.63. The molecule has 0 spiro atoms. The van der Waals surface area contributed by atoms with Crippen LogP contribution in [0, 0.1) is 0 Å². The summed E-state index contributed by atoms with van der Waals surface area (Å²) in [5, 5.41) is 0. The average Bonchev–Trinajstić information content (AvgIpc) is 2.60. The fraction of sp³-hybridized carbons (Fsp3) is 0.500. The third kappa shape index (κ3) is 3.96. The number of nitrogens with two attached hydrogens (primary N) is 2. The molecule has 8 heteroatoms. The second-order valence-corrected chi connectivity index (χ2v) is 6.93. The van der Waals surface area contributed by atoms with Crippen LogP contribution in [-0.4, -0.2) is 54.7 Å². The Morgan fingerprint density at radius 3 is 2.46 bits per heavy atom. The molecular weight excluding hydrogens is 332 g/mol. The van der Waals surface area contributed by atoms with Crippen LogP contribution >= 0.6 is 0 Å². The minimum atomic E-state index is -0.607. The molecule has 0 radical (unpaired) electrons. The van der Waals surface area contributed by atoms with Gasteiger partial charge in [0.1, 0.15) is 5.66 Å². The van der Waals surface area contributed by atoms with E-state index in [1.165, 1.54) is 0 Å². The molecule has 0 aromatic heterocycles. The summed E-state index contributed by atoms with van der Waals surface area (Å²) in [5.74, 6) is 0.676. The predicted molar refractivity (Wildman–Crippen MR) is 102 cm³/mol. The standard InChI is InChI=1S/C18H26N6O2/c1-18(2)22-16(19)21-17(20)24(18)14-6-3-13(4-7-14)5-8-15(25)23-9-11-26-12-10-23/h3-4,6-7H,5,8-12H2,1-2H3,(H4,19,20,21,22). The Hall–Kier alpha value is -2.61. The number of carbonyl (C=O) groups excluding carboxylic acids is 1. The van der Waals surface area contributed by atoms with E-state index in [0.29, 0.717) is 45.1 Å². The van der Waals surface area contributed by atoms with Crippen molar-refractivity contribution in [2.45, 2.75) is 32.4 Å². The van der Waals surface area contributed by atoms with Crippen molar-refractivity contribution in [2.24, 2.45) is 21.5 Å². The van der Waals surface area contributed by atoms with Gasteiger partial charge in [0.2, 0.25) is 17.8 Å². The molecule has 1 fully saturated rings. The molecular formula is C18H26N6O2. The highest BCUT2D eigenvalue weighted by Crippen LogP contribution is 2.27. The van der Waals surface area contributed by atoms with Gasteiger partial charge in [0.15, 0.2) is 0 Å². The highest BCUT2D eigenvalue weighted by molar-refractivity contribution is 6.05. The quantitative estimate of drug-likeness (QED) is 0.822. The second-order valence-electron chi connectivity index (χ2n) is 6.93. The summed E-state index contributed by atoms with van der Waals surface area (Å²) < 4.78 is 5.28. The number of benzene rings is 1.